The number of benzene rings is 1. The van der Waals surface area contributed by atoms with Gasteiger partial charge in [-0.15, -0.1) is 0 Å². The van der Waals surface area contributed by atoms with E-state index in [0.717, 1.165) is 19.0 Å². The molecular weight excluding hydrogens is 202 g/mol. The first-order chi connectivity index (χ1) is 7.76. The van der Waals surface area contributed by atoms with Crippen LogP contribution in [0.4, 0.5) is 0 Å². The molecular formula is C13H19NO2. The molecule has 0 spiro atoms. The number of hydrogen-bond acceptors (Lipinski definition) is 2. The number of rotatable bonds is 4. The van der Waals surface area contributed by atoms with Gasteiger partial charge in [0.25, 0.3) is 6.47 Å². The predicted octanol–water partition coefficient (Wildman–Crippen LogP) is 1.99. The van der Waals surface area contributed by atoms with Crippen molar-refractivity contribution in [2.24, 2.45) is 0 Å². The van der Waals surface area contributed by atoms with Crippen molar-refractivity contribution >= 4 is 6.47 Å². The number of nitrogens with one attached hydrogen (secondary N) is 1. The highest BCUT2D eigenvalue weighted by atomic mass is 16.3. The van der Waals surface area contributed by atoms with E-state index >= 15 is 0 Å². The molecule has 1 aliphatic rings. The zero-order valence-corrected chi connectivity index (χ0v) is 9.65. The topological polar surface area (TPSA) is 49.3 Å². The predicted molar refractivity (Wildman–Crippen MR) is 64.6 cm³/mol. The third-order valence-corrected chi connectivity index (χ3v) is 2.54. The molecule has 0 heterocycles. The van der Waals surface area contributed by atoms with Crippen molar-refractivity contribution in [3.63, 3.8) is 0 Å². The molecule has 1 aromatic rings. The Labute approximate surface area is 96.5 Å². The number of carbonyl (C=O) groups is 1. The lowest BCUT2D eigenvalue weighted by molar-refractivity contribution is -0.122. The van der Waals surface area contributed by atoms with E-state index in [4.69, 9.17) is 9.90 Å². The summed E-state index contributed by atoms with van der Waals surface area (Å²) in [6, 6.07) is 9.66. The van der Waals surface area contributed by atoms with E-state index in [2.05, 4.69) is 36.5 Å². The van der Waals surface area contributed by atoms with E-state index in [1.807, 2.05) is 0 Å². The van der Waals surface area contributed by atoms with Crippen LogP contribution in [0.3, 0.4) is 0 Å². The minimum atomic E-state index is -0.250. The Balaban J connectivity index is 0.000000386. The third-order valence-electron chi connectivity index (χ3n) is 2.54. The number of hydrogen-bond donors (Lipinski definition) is 2. The maximum atomic E-state index is 8.36. The molecule has 0 radical (unpaired) electrons. The summed E-state index contributed by atoms with van der Waals surface area (Å²) in [6.07, 6.45) is 3.93. The molecule has 0 saturated heterocycles. The van der Waals surface area contributed by atoms with Crippen molar-refractivity contribution in [2.75, 3.05) is 6.54 Å². The fourth-order valence-corrected chi connectivity index (χ4v) is 1.46. The standard InChI is InChI=1S/C12H17N.CH2O2/c1-10-2-4-11(5-3-10)8-9-13-12-6-7-12;2-1-3/h2-5,12-13H,6-9H2,1H3;1H,(H,2,3). The average molecular weight is 221 g/mol. The van der Waals surface area contributed by atoms with Crippen molar-refractivity contribution in [3.8, 4) is 0 Å². The maximum Gasteiger partial charge on any atom is 0.290 e. The van der Waals surface area contributed by atoms with Crippen molar-refractivity contribution in [3.05, 3.63) is 35.4 Å². The van der Waals surface area contributed by atoms with Crippen molar-refractivity contribution in [2.45, 2.75) is 32.2 Å². The average Bonchev–Trinajstić information content (AvgIpc) is 3.06. The van der Waals surface area contributed by atoms with E-state index in [9.17, 15) is 0 Å². The van der Waals surface area contributed by atoms with Crippen LogP contribution in [-0.2, 0) is 11.2 Å². The molecule has 0 atom stereocenters. The normalized spacial score (nSPS) is 13.8. The second kappa shape index (κ2) is 7.01. The fraction of sp³-hybridized carbons (Fsp3) is 0.462. The molecule has 0 aromatic heterocycles. The summed E-state index contributed by atoms with van der Waals surface area (Å²) in [4.78, 5) is 8.36. The summed E-state index contributed by atoms with van der Waals surface area (Å²) < 4.78 is 0. The van der Waals surface area contributed by atoms with Gasteiger partial charge in [-0.25, -0.2) is 0 Å². The fourth-order valence-electron chi connectivity index (χ4n) is 1.46. The van der Waals surface area contributed by atoms with E-state index in [1.165, 1.54) is 24.0 Å². The SMILES string of the molecule is Cc1ccc(CCNC2CC2)cc1.O=CO. The third kappa shape index (κ3) is 5.51. The highest BCUT2D eigenvalue weighted by Gasteiger charge is 2.19. The van der Waals surface area contributed by atoms with Crippen LogP contribution in [0, 0.1) is 6.92 Å². The minimum Gasteiger partial charge on any atom is -0.483 e. The summed E-state index contributed by atoms with van der Waals surface area (Å²) in [5.74, 6) is 0. The molecule has 3 heteroatoms. The van der Waals surface area contributed by atoms with Gasteiger partial charge in [-0.2, -0.15) is 0 Å². The molecule has 0 unspecified atom stereocenters. The Morgan fingerprint density at radius 1 is 1.38 bits per heavy atom. The van der Waals surface area contributed by atoms with Gasteiger partial charge in [-0.05, 0) is 38.3 Å². The Morgan fingerprint density at radius 2 is 1.94 bits per heavy atom. The first kappa shape index (κ1) is 12.7. The first-order valence-corrected chi connectivity index (χ1v) is 5.63. The molecule has 88 valence electrons. The van der Waals surface area contributed by atoms with E-state index < -0.39 is 0 Å². The molecule has 1 aromatic carbocycles. The lowest BCUT2D eigenvalue weighted by Crippen LogP contribution is -2.19. The molecule has 16 heavy (non-hydrogen) atoms. The number of aryl methyl sites for hydroxylation is 1. The Morgan fingerprint density at radius 3 is 2.44 bits per heavy atom. The summed E-state index contributed by atoms with van der Waals surface area (Å²) in [6.45, 7) is 3.01. The zero-order chi connectivity index (χ0) is 11.8. The van der Waals surface area contributed by atoms with Gasteiger partial charge in [0.1, 0.15) is 0 Å². The quantitative estimate of drug-likeness (QED) is 0.764. The molecule has 0 amide bonds. The van der Waals surface area contributed by atoms with Crippen LogP contribution in [0.25, 0.3) is 0 Å². The maximum absolute atomic E-state index is 8.36. The molecule has 1 saturated carbocycles. The van der Waals surface area contributed by atoms with Gasteiger partial charge in [0.2, 0.25) is 0 Å². The van der Waals surface area contributed by atoms with Crippen LogP contribution in [0.5, 0.6) is 0 Å². The van der Waals surface area contributed by atoms with Gasteiger partial charge in [-0.3, -0.25) is 4.79 Å². The molecule has 2 rings (SSSR count). The van der Waals surface area contributed by atoms with Crippen LogP contribution in [0.1, 0.15) is 24.0 Å². The van der Waals surface area contributed by atoms with Crippen molar-refractivity contribution in [1.29, 1.82) is 0 Å². The van der Waals surface area contributed by atoms with E-state index in [0.29, 0.717) is 0 Å². The van der Waals surface area contributed by atoms with Crippen LogP contribution >= 0.6 is 0 Å². The monoisotopic (exact) mass is 221 g/mol. The van der Waals surface area contributed by atoms with Gasteiger partial charge in [0, 0.05) is 6.04 Å². The summed E-state index contributed by atoms with van der Waals surface area (Å²) in [5, 5.41) is 10.4. The van der Waals surface area contributed by atoms with Crippen LogP contribution in [0.15, 0.2) is 24.3 Å². The molecule has 2 N–H and O–H groups in total. The highest BCUT2D eigenvalue weighted by molar-refractivity contribution is 5.32. The van der Waals surface area contributed by atoms with Crippen molar-refractivity contribution in [1.82, 2.24) is 5.32 Å². The summed E-state index contributed by atoms with van der Waals surface area (Å²) >= 11 is 0. The smallest absolute Gasteiger partial charge is 0.290 e. The van der Waals surface area contributed by atoms with E-state index in [-0.39, 0.29) is 6.47 Å². The van der Waals surface area contributed by atoms with Crippen molar-refractivity contribution < 1.29 is 9.90 Å². The van der Waals surface area contributed by atoms with Gasteiger partial charge in [-0.1, -0.05) is 29.8 Å². The lowest BCUT2D eigenvalue weighted by Gasteiger charge is -2.03. The second-order valence-electron chi connectivity index (χ2n) is 4.07. The lowest BCUT2D eigenvalue weighted by atomic mass is 10.1. The number of carboxylic acid groups (broad SMARTS) is 1. The first-order valence-electron chi connectivity index (χ1n) is 5.63. The van der Waals surface area contributed by atoms with Crippen LogP contribution in [0.2, 0.25) is 0 Å². The molecule has 0 aliphatic heterocycles. The van der Waals surface area contributed by atoms with Crippen LogP contribution in [-0.4, -0.2) is 24.2 Å². The van der Waals surface area contributed by atoms with Gasteiger partial charge >= 0.3 is 0 Å². The molecule has 1 aliphatic carbocycles. The van der Waals surface area contributed by atoms with Gasteiger partial charge < -0.3 is 10.4 Å². The van der Waals surface area contributed by atoms with Crippen LogP contribution < -0.4 is 5.32 Å². The zero-order valence-electron chi connectivity index (χ0n) is 9.65. The second-order valence-corrected chi connectivity index (χ2v) is 4.07. The Hall–Kier alpha value is -1.35. The van der Waals surface area contributed by atoms with E-state index in [1.54, 1.807) is 0 Å². The summed E-state index contributed by atoms with van der Waals surface area (Å²) in [7, 11) is 0. The Kier molecular flexibility index (Phi) is 5.57. The highest BCUT2D eigenvalue weighted by Crippen LogP contribution is 2.18. The van der Waals surface area contributed by atoms with Gasteiger partial charge in [0.15, 0.2) is 0 Å². The Bertz CT molecular complexity index is 304. The van der Waals surface area contributed by atoms with Gasteiger partial charge in [0.05, 0.1) is 0 Å². The molecule has 3 nitrogen and oxygen atoms in total. The largest absolute Gasteiger partial charge is 0.483 e. The molecule has 0 bridgehead atoms. The minimum absolute atomic E-state index is 0.250. The summed E-state index contributed by atoms with van der Waals surface area (Å²) in [5.41, 5.74) is 2.79. The molecule has 1 fully saturated rings.